The highest BCUT2D eigenvalue weighted by Crippen LogP contribution is 2.27. The predicted octanol–water partition coefficient (Wildman–Crippen LogP) is 2.44. The molecule has 110 valence electrons. The van der Waals surface area contributed by atoms with E-state index in [-0.39, 0.29) is 5.91 Å². The van der Waals surface area contributed by atoms with E-state index in [0.717, 1.165) is 37.1 Å². The Labute approximate surface area is 120 Å². The van der Waals surface area contributed by atoms with Crippen molar-refractivity contribution in [2.75, 3.05) is 13.1 Å². The lowest BCUT2D eigenvalue weighted by Crippen LogP contribution is -2.38. The molecular weight excluding hydrogens is 254 g/mol. The topological polar surface area (TPSA) is 49.8 Å². The van der Waals surface area contributed by atoms with Crippen molar-refractivity contribution in [2.24, 2.45) is 0 Å². The number of amides is 1. The summed E-state index contributed by atoms with van der Waals surface area (Å²) in [5, 5.41) is 9.78. The number of likely N-dealkylation sites (tertiary alicyclic amines) is 1. The zero-order valence-electron chi connectivity index (χ0n) is 12.4. The van der Waals surface area contributed by atoms with Gasteiger partial charge in [-0.25, -0.2) is 0 Å². The number of aryl methyl sites for hydroxylation is 1. The monoisotopic (exact) mass is 277 g/mol. The largest absolute Gasteiger partial charge is 0.480 e. The molecular formula is C16H23NO3. The van der Waals surface area contributed by atoms with Gasteiger partial charge in [0, 0.05) is 18.7 Å². The molecule has 1 N–H and O–H groups in total. The molecule has 4 heteroatoms. The van der Waals surface area contributed by atoms with Gasteiger partial charge in [0.15, 0.2) is 6.10 Å². The van der Waals surface area contributed by atoms with Gasteiger partial charge in [-0.1, -0.05) is 12.1 Å². The van der Waals surface area contributed by atoms with Crippen LogP contribution in [0.2, 0.25) is 0 Å². The average molecular weight is 277 g/mol. The van der Waals surface area contributed by atoms with Crippen LogP contribution in [-0.4, -0.2) is 35.1 Å². The number of rotatable bonds is 4. The second-order valence-electron chi connectivity index (χ2n) is 5.51. The summed E-state index contributed by atoms with van der Waals surface area (Å²) in [7, 11) is 0. The van der Waals surface area contributed by atoms with Crippen LogP contribution in [0.4, 0.5) is 0 Å². The standard InChI is InChI=1S/C16H23NO3/c1-11-6-7-14(12(2)18)15(10-11)20-13(3)16(19)17-8-4-5-9-17/h6-7,10,12-13,18H,4-5,8-9H2,1-3H3. The fourth-order valence-corrected chi connectivity index (χ4v) is 2.52. The van der Waals surface area contributed by atoms with Crippen molar-refractivity contribution in [1.29, 1.82) is 0 Å². The van der Waals surface area contributed by atoms with Crippen molar-refractivity contribution in [3.63, 3.8) is 0 Å². The van der Waals surface area contributed by atoms with Crippen molar-refractivity contribution in [1.82, 2.24) is 4.90 Å². The van der Waals surface area contributed by atoms with Gasteiger partial charge in [-0.2, -0.15) is 0 Å². The zero-order valence-corrected chi connectivity index (χ0v) is 12.4. The van der Waals surface area contributed by atoms with Gasteiger partial charge in [0.05, 0.1) is 6.10 Å². The Bertz CT molecular complexity index is 479. The predicted molar refractivity (Wildman–Crippen MR) is 77.7 cm³/mol. The van der Waals surface area contributed by atoms with Gasteiger partial charge in [-0.3, -0.25) is 4.79 Å². The van der Waals surface area contributed by atoms with Crippen LogP contribution in [0.3, 0.4) is 0 Å². The maximum atomic E-state index is 12.3. The Morgan fingerprint density at radius 2 is 1.95 bits per heavy atom. The molecule has 1 aliphatic heterocycles. The summed E-state index contributed by atoms with van der Waals surface area (Å²) in [5.41, 5.74) is 1.77. The lowest BCUT2D eigenvalue weighted by molar-refractivity contribution is -0.136. The summed E-state index contributed by atoms with van der Waals surface area (Å²) >= 11 is 0. The molecule has 0 aromatic heterocycles. The number of carbonyl (C=O) groups is 1. The summed E-state index contributed by atoms with van der Waals surface area (Å²) in [6, 6.07) is 5.65. The Balaban J connectivity index is 2.12. The van der Waals surface area contributed by atoms with E-state index in [1.54, 1.807) is 13.8 Å². The highest BCUT2D eigenvalue weighted by Gasteiger charge is 2.25. The van der Waals surface area contributed by atoms with E-state index in [1.165, 1.54) is 0 Å². The van der Waals surface area contributed by atoms with Crippen LogP contribution < -0.4 is 4.74 Å². The van der Waals surface area contributed by atoms with Crippen molar-refractivity contribution >= 4 is 5.91 Å². The van der Waals surface area contributed by atoms with Gasteiger partial charge in [0.1, 0.15) is 5.75 Å². The van der Waals surface area contributed by atoms with E-state index in [0.29, 0.717) is 5.75 Å². The molecule has 0 aliphatic carbocycles. The van der Waals surface area contributed by atoms with E-state index < -0.39 is 12.2 Å². The smallest absolute Gasteiger partial charge is 0.263 e. The summed E-state index contributed by atoms with van der Waals surface area (Å²) in [6.07, 6.45) is 1.01. The number of hydrogen-bond donors (Lipinski definition) is 1. The van der Waals surface area contributed by atoms with E-state index in [9.17, 15) is 9.90 Å². The number of ether oxygens (including phenoxy) is 1. The van der Waals surface area contributed by atoms with Crippen LogP contribution in [0.5, 0.6) is 5.75 Å². The normalized spacial score (nSPS) is 17.9. The van der Waals surface area contributed by atoms with E-state index in [2.05, 4.69) is 0 Å². The molecule has 1 aliphatic rings. The van der Waals surface area contributed by atoms with Crippen LogP contribution in [0, 0.1) is 6.92 Å². The van der Waals surface area contributed by atoms with Crippen molar-refractivity contribution < 1.29 is 14.6 Å². The molecule has 1 aromatic carbocycles. The Hall–Kier alpha value is -1.55. The summed E-state index contributed by atoms with van der Waals surface area (Å²) < 4.78 is 5.81. The first kappa shape index (κ1) is 14.9. The lowest BCUT2D eigenvalue weighted by Gasteiger charge is -2.23. The molecule has 0 bridgehead atoms. The van der Waals surface area contributed by atoms with Gasteiger partial charge < -0.3 is 14.7 Å². The number of hydrogen-bond acceptors (Lipinski definition) is 3. The zero-order chi connectivity index (χ0) is 14.7. The highest BCUT2D eigenvalue weighted by molar-refractivity contribution is 5.81. The molecule has 2 unspecified atom stereocenters. The Morgan fingerprint density at radius 3 is 2.55 bits per heavy atom. The fraction of sp³-hybridized carbons (Fsp3) is 0.562. The third kappa shape index (κ3) is 3.31. The molecule has 2 rings (SSSR count). The van der Waals surface area contributed by atoms with Crippen LogP contribution in [0.25, 0.3) is 0 Å². The van der Waals surface area contributed by atoms with Crippen LogP contribution in [0.1, 0.15) is 43.9 Å². The van der Waals surface area contributed by atoms with Gasteiger partial charge in [-0.15, -0.1) is 0 Å². The molecule has 0 radical (unpaired) electrons. The molecule has 20 heavy (non-hydrogen) atoms. The first-order chi connectivity index (χ1) is 9.49. The molecule has 1 amide bonds. The number of carbonyl (C=O) groups excluding carboxylic acids is 1. The van der Waals surface area contributed by atoms with Crippen LogP contribution >= 0.6 is 0 Å². The number of aliphatic hydroxyl groups is 1. The fourth-order valence-electron chi connectivity index (χ4n) is 2.52. The molecule has 1 saturated heterocycles. The quantitative estimate of drug-likeness (QED) is 0.919. The van der Waals surface area contributed by atoms with Gasteiger partial charge in [0.25, 0.3) is 5.91 Å². The van der Waals surface area contributed by atoms with Crippen molar-refractivity contribution in [2.45, 2.75) is 45.8 Å². The molecule has 0 spiro atoms. The first-order valence-electron chi connectivity index (χ1n) is 7.23. The van der Waals surface area contributed by atoms with Crippen LogP contribution in [0.15, 0.2) is 18.2 Å². The second kappa shape index (κ2) is 6.27. The van der Waals surface area contributed by atoms with Gasteiger partial charge in [0.2, 0.25) is 0 Å². The van der Waals surface area contributed by atoms with Crippen molar-refractivity contribution in [3.05, 3.63) is 29.3 Å². The highest BCUT2D eigenvalue weighted by atomic mass is 16.5. The number of benzene rings is 1. The first-order valence-corrected chi connectivity index (χ1v) is 7.23. The number of nitrogens with zero attached hydrogens (tertiary/aromatic N) is 1. The van der Waals surface area contributed by atoms with E-state index in [1.807, 2.05) is 30.0 Å². The Kier molecular flexibility index (Phi) is 4.65. The third-order valence-electron chi connectivity index (χ3n) is 3.69. The maximum absolute atomic E-state index is 12.3. The molecule has 1 fully saturated rings. The van der Waals surface area contributed by atoms with Gasteiger partial charge in [-0.05, 0) is 45.2 Å². The third-order valence-corrected chi connectivity index (χ3v) is 3.69. The van der Waals surface area contributed by atoms with Gasteiger partial charge >= 0.3 is 0 Å². The molecule has 0 saturated carbocycles. The lowest BCUT2D eigenvalue weighted by atomic mass is 10.1. The molecule has 2 atom stereocenters. The second-order valence-corrected chi connectivity index (χ2v) is 5.51. The van der Waals surface area contributed by atoms with E-state index >= 15 is 0 Å². The molecule has 1 aromatic rings. The minimum atomic E-state index is -0.611. The number of aliphatic hydroxyl groups excluding tert-OH is 1. The summed E-state index contributed by atoms with van der Waals surface area (Å²) in [6.45, 7) is 7.08. The molecule has 4 nitrogen and oxygen atoms in total. The summed E-state index contributed by atoms with van der Waals surface area (Å²) in [5.74, 6) is 0.626. The SMILES string of the molecule is Cc1ccc(C(C)O)c(OC(C)C(=O)N2CCCC2)c1. The minimum Gasteiger partial charge on any atom is -0.480 e. The minimum absolute atomic E-state index is 0.0283. The maximum Gasteiger partial charge on any atom is 0.263 e. The van der Waals surface area contributed by atoms with Crippen LogP contribution in [-0.2, 0) is 4.79 Å². The average Bonchev–Trinajstić information content (AvgIpc) is 2.91. The van der Waals surface area contributed by atoms with Crippen molar-refractivity contribution in [3.8, 4) is 5.75 Å². The molecule has 1 heterocycles. The Morgan fingerprint density at radius 1 is 1.30 bits per heavy atom. The summed E-state index contributed by atoms with van der Waals surface area (Å²) in [4.78, 5) is 14.1. The van der Waals surface area contributed by atoms with E-state index in [4.69, 9.17) is 4.74 Å².